The Morgan fingerprint density at radius 3 is 2.82 bits per heavy atom. The van der Waals surface area contributed by atoms with Gasteiger partial charge < -0.3 is 10.2 Å². The van der Waals surface area contributed by atoms with Crippen LogP contribution in [0.2, 0.25) is 0 Å². The molecule has 1 aromatic heterocycles. The zero-order valence-electron chi connectivity index (χ0n) is 10.2. The lowest BCUT2D eigenvalue weighted by molar-refractivity contribution is 0.527. The second-order valence-electron chi connectivity index (χ2n) is 4.62. The highest BCUT2D eigenvalue weighted by Gasteiger charge is 2.18. The zero-order valence-corrected chi connectivity index (χ0v) is 11.0. The fraction of sp³-hybridized carbons (Fsp3) is 0.417. The van der Waals surface area contributed by atoms with Crippen molar-refractivity contribution in [2.75, 3.05) is 6.54 Å². The van der Waals surface area contributed by atoms with E-state index in [1.165, 1.54) is 4.57 Å². The molecule has 4 nitrogen and oxygen atoms in total. The lowest BCUT2D eigenvalue weighted by Crippen LogP contribution is -2.26. The minimum atomic E-state index is -0.333. The van der Waals surface area contributed by atoms with Crippen molar-refractivity contribution in [1.29, 1.82) is 0 Å². The van der Waals surface area contributed by atoms with E-state index in [-0.39, 0.29) is 10.5 Å². The normalized spacial score (nSPS) is 12.2. The number of nitrogens with two attached hydrogens (primary N) is 1. The Hall–Kier alpha value is -1.20. The van der Waals surface area contributed by atoms with E-state index in [0.29, 0.717) is 12.1 Å². The molecule has 0 spiro atoms. The summed E-state index contributed by atoms with van der Waals surface area (Å²) < 4.78 is 6.62. The largest absolute Gasteiger partial charge is 0.419 e. The molecule has 0 amide bonds. The molecule has 1 heterocycles. The fourth-order valence-electron chi connectivity index (χ4n) is 1.54. The second kappa shape index (κ2) is 4.23. The maximum Gasteiger partial charge on any atom is 0.419 e. The molecule has 0 radical (unpaired) electrons. The first-order chi connectivity index (χ1) is 7.93. The topological polar surface area (TPSA) is 61.2 Å². The molecule has 0 bridgehead atoms. The Balaban J connectivity index is 2.42. The van der Waals surface area contributed by atoms with Crippen molar-refractivity contribution in [2.45, 2.75) is 23.5 Å². The summed E-state index contributed by atoms with van der Waals surface area (Å²) in [6.07, 6.45) is 0. The molecule has 92 valence electrons. The summed E-state index contributed by atoms with van der Waals surface area (Å²) in [7, 11) is 1.70. The van der Waals surface area contributed by atoms with Crippen molar-refractivity contribution in [2.24, 2.45) is 12.8 Å². The van der Waals surface area contributed by atoms with Crippen molar-refractivity contribution >= 4 is 22.9 Å². The number of rotatable bonds is 3. The number of hydrogen-bond donors (Lipinski definition) is 1. The van der Waals surface area contributed by atoms with Crippen LogP contribution >= 0.6 is 11.8 Å². The van der Waals surface area contributed by atoms with E-state index in [9.17, 15) is 4.79 Å². The Bertz CT molecular complexity index is 598. The van der Waals surface area contributed by atoms with Crippen molar-refractivity contribution in [3.8, 4) is 0 Å². The van der Waals surface area contributed by atoms with Crippen LogP contribution in [0.5, 0.6) is 0 Å². The number of thioether (sulfide) groups is 1. The summed E-state index contributed by atoms with van der Waals surface area (Å²) in [6, 6.07) is 5.77. The van der Waals surface area contributed by atoms with Crippen LogP contribution in [0.25, 0.3) is 11.1 Å². The predicted octanol–water partition coefficient (Wildman–Crippen LogP) is 1.96. The molecular weight excluding hydrogens is 236 g/mol. The maximum atomic E-state index is 11.4. The van der Waals surface area contributed by atoms with Crippen LogP contribution in [-0.4, -0.2) is 15.9 Å². The van der Waals surface area contributed by atoms with Crippen LogP contribution < -0.4 is 11.5 Å². The molecule has 5 heteroatoms. The average molecular weight is 252 g/mol. The van der Waals surface area contributed by atoms with Gasteiger partial charge >= 0.3 is 5.76 Å². The van der Waals surface area contributed by atoms with E-state index < -0.39 is 0 Å². The monoisotopic (exact) mass is 252 g/mol. The van der Waals surface area contributed by atoms with Gasteiger partial charge in [-0.1, -0.05) is 0 Å². The minimum Gasteiger partial charge on any atom is -0.408 e. The summed E-state index contributed by atoms with van der Waals surface area (Å²) in [4.78, 5) is 12.4. The van der Waals surface area contributed by atoms with Crippen molar-refractivity contribution in [3.05, 3.63) is 28.7 Å². The van der Waals surface area contributed by atoms with Crippen molar-refractivity contribution < 1.29 is 4.42 Å². The number of oxazole rings is 1. The van der Waals surface area contributed by atoms with E-state index in [1.807, 2.05) is 18.2 Å². The molecule has 0 saturated carbocycles. The Kier molecular flexibility index (Phi) is 3.05. The third-order valence-corrected chi connectivity index (χ3v) is 3.86. The predicted molar refractivity (Wildman–Crippen MR) is 70.4 cm³/mol. The summed E-state index contributed by atoms with van der Waals surface area (Å²) in [5, 5.41) is 0. The van der Waals surface area contributed by atoms with Crippen LogP contribution in [-0.2, 0) is 7.05 Å². The molecule has 0 saturated heterocycles. The molecule has 0 aliphatic heterocycles. The maximum absolute atomic E-state index is 11.4. The third kappa shape index (κ3) is 2.40. The highest BCUT2D eigenvalue weighted by Crippen LogP contribution is 2.32. The van der Waals surface area contributed by atoms with Crippen LogP contribution in [0.3, 0.4) is 0 Å². The summed E-state index contributed by atoms with van der Waals surface area (Å²) in [6.45, 7) is 4.76. The van der Waals surface area contributed by atoms with Crippen molar-refractivity contribution in [3.63, 3.8) is 0 Å². The SMILES string of the molecule is Cn1c(=O)oc2cc(SC(C)(C)CN)ccc21. The Morgan fingerprint density at radius 2 is 2.18 bits per heavy atom. The molecular formula is C12H16N2O2S. The standard InChI is InChI=1S/C12H16N2O2S/c1-12(2,7-13)17-8-4-5-9-10(6-8)16-11(15)14(9)3/h4-6H,7,13H2,1-3H3. The molecule has 0 fully saturated rings. The van der Waals surface area contributed by atoms with E-state index in [2.05, 4.69) is 13.8 Å². The highest BCUT2D eigenvalue weighted by atomic mass is 32.2. The quantitative estimate of drug-likeness (QED) is 0.848. The Morgan fingerprint density at radius 1 is 1.47 bits per heavy atom. The molecule has 0 unspecified atom stereocenters. The van der Waals surface area contributed by atoms with Gasteiger partial charge in [0.15, 0.2) is 5.58 Å². The smallest absolute Gasteiger partial charge is 0.408 e. The minimum absolute atomic E-state index is 0.0250. The van der Waals surface area contributed by atoms with Crippen LogP contribution in [0.1, 0.15) is 13.8 Å². The van der Waals surface area contributed by atoms with Gasteiger partial charge in [-0.25, -0.2) is 4.79 Å². The van der Waals surface area contributed by atoms with Gasteiger partial charge in [-0.2, -0.15) is 0 Å². The molecule has 2 rings (SSSR count). The molecule has 0 atom stereocenters. The van der Waals surface area contributed by atoms with Gasteiger partial charge in [-0.15, -0.1) is 11.8 Å². The molecule has 0 aliphatic rings. The number of benzene rings is 1. The summed E-state index contributed by atoms with van der Waals surface area (Å²) in [5.74, 6) is -0.333. The molecule has 17 heavy (non-hydrogen) atoms. The van der Waals surface area contributed by atoms with Crippen LogP contribution in [0, 0.1) is 0 Å². The third-order valence-electron chi connectivity index (χ3n) is 2.65. The van der Waals surface area contributed by atoms with Crippen LogP contribution in [0.15, 0.2) is 32.3 Å². The van der Waals surface area contributed by atoms with E-state index >= 15 is 0 Å². The Labute approximate surface area is 104 Å². The number of hydrogen-bond acceptors (Lipinski definition) is 4. The number of fused-ring (bicyclic) bond motifs is 1. The van der Waals surface area contributed by atoms with Gasteiger partial charge in [-0.05, 0) is 32.0 Å². The highest BCUT2D eigenvalue weighted by molar-refractivity contribution is 8.00. The molecule has 0 aliphatic carbocycles. The van der Waals surface area contributed by atoms with Crippen molar-refractivity contribution in [1.82, 2.24) is 4.57 Å². The number of aromatic nitrogens is 1. The van der Waals surface area contributed by atoms with Gasteiger partial charge in [0.25, 0.3) is 0 Å². The summed E-state index contributed by atoms with van der Waals surface area (Å²) in [5.41, 5.74) is 7.13. The van der Waals surface area contributed by atoms with Gasteiger partial charge in [0.05, 0.1) is 5.52 Å². The molecule has 1 aromatic carbocycles. The average Bonchev–Trinajstić information content (AvgIpc) is 2.54. The first kappa shape index (κ1) is 12.3. The van der Waals surface area contributed by atoms with E-state index in [4.69, 9.17) is 10.2 Å². The first-order valence-electron chi connectivity index (χ1n) is 5.41. The molecule has 2 N–H and O–H groups in total. The fourth-order valence-corrected chi connectivity index (χ4v) is 2.56. The lowest BCUT2D eigenvalue weighted by Gasteiger charge is -2.21. The van der Waals surface area contributed by atoms with E-state index in [0.717, 1.165) is 10.4 Å². The second-order valence-corrected chi connectivity index (χ2v) is 6.40. The number of nitrogens with zero attached hydrogens (tertiary/aromatic N) is 1. The molecule has 2 aromatic rings. The van der Waals surface area contributed by atoms with Gasteiger partial charge in [0, 0.05) is 23.2 Å². The first-order valence-corrected chi connectivity index (χ1v) is 6.23. The summed E-state index contributed by atoms with van der Waals surface area (Å²) >= 11 is 1.68. The lowest BCUT2D eigenvalue weighted by atomic mass is 10.2. The number of aryl methyl sites for hydroxylation is 1. The van der Waals surface area contributed by atoms with Gasteiger partial charge in [-0.3, -0.25) is 4.57 Å². The van der Waals surface area contributed by atoms with Crippen LogP contribution in [0.4, 0.5) is 0 Å². The van der Waals surface area contributed by atoms with Gasteiger partial charge in [0.2, 0.25) is 0 Å². The zero-order chi connectivity index (χ0) is 12.6. The van der Waals surface area contributed by atoms with E-state index in [1.54, 1.807) is 18.8 Å². The van der Waals surface area contributed by atoms with Gasteiger partial charge in [0.1, 0.15) is 0 Å².